The van der Waals surface area contributed by atoms with Crippen molar-refractivity contribution < 1.29 is 23.8 Å². The maximum absolute atomic E-state index is 11.0. The quantitative estimate of drug-likeness (QED) is 0.326. The van der Waals surface area contributed by atoms with Crippen LogP contribution in [0.15, 0.2) is 5.11 Å². The van der Waals surface area contributed by atoms with E-state index in [-0.39, 0.29) is 0 Å². The van der Waals surface area contributed by atoms with E-state index in [0.29, 0.717) is 6.42 Å². The maximum atomic E-state index is 11.0. The number of carbonyl (C=O) groups excluding carboxylic acids is 2. The molecular weight excluding hydrogens is 242 g/mol. The molecule has 18 heavy (non-hydrogen) atoms. The second-order valence-electron chi connectivity index (χ2n) is 3.83. The van der Waals surface area contributed by atoms with Gasteiger partial charge in [0, 0.05) is 18.8 Å². The number of esters is 2. The second-order valence-corrected chi connectivity index (χ2v) is 3.83. The van der Waals surface area contributed by atoms with Crippen LogP contribution >= 0.6 is 0 Å². The third-order valence-electron chi connectivity index (χ3n) is 2.47. The summed E-state index contributed by atoms with van der Waals surface area (Å²) >= 11 is 0. The van der Waals surface area contributed by atoms with Crippen molar-refractivity contribution in [3.05, 3.63) is 10.4 Å². The van der Waals surface area contributed by atoms with Gasteiger partial charge in [-0.1, -0.05) is 12.0 Å². The number of hydrogen-bond acceptors (Lipinski definition) is 6. The molecule has 8 heteroatoms. The van der Waals surface area contributed by atoms with Crippen LogP contribution in [0.25, 0.3) is 10.4 Å². The Labute approximate surface area is 104 Å². The van der Waals surface area contributed by atoms with Crippen molar-refractivity contribution in [1.82, 2.24) is 0 Å². The van der Waals surface area contributed by atoms with E-state index in [4.69, 9.17) is 19.7 Å². The average molecular weight is 257 g/mol. The van der Waals surface area contributed by atoms with Crippen LogP contribution in [0.2, 0.25) is 0 Å². The highest BCUT2D eigenvalue weighted by Crippen LogP contribution is 2.29. The topological polar surface area (TPSA) is 111 Å². The fraction of sp³-hybridized carbons (Fsp3) is 0.800. The van der Waals surface area contributed by atoms with E-state index in [9.17, 15) is 9.59 Å². The monoisotopic (exact) mass is 257 g/mol. The molecule has 1 heterocycles. The van der Waals surface area contributed by atoms with E-state index in [1.165, 1.54) is 13.8 Å². The Morgan fingerprint density at radius 2 is 1.94 bits per heavy atom. The standard InChI is InChI=1S/C10H15N3O5/c1-4-7-8(12-13-11)9(16-5(2)14)10(18-7)17-6(3)15/h7-10H,4H2,1-3H3/t7-,8+,9?,10+/m1/s1. The largest absolute Gasteiger partial charge is 0.455 e. The summed E-state index contributed by atoms with van der Waals surface area (Å²) in [4.78, 5) is 24.7. The molecule has 8 nitrogen and oxygen atoms in total. The predicted octanol–water partition coefficient (Wildman–Crippen LogP) is 1.29. The van der Waals surface area contributed by atoms with Gasteiger partial charge in [0.2, 0.25) is 6.29 Å². The Morgan fingerprint density at radius 1 is 1.33 bits per heavy atom. The molecule has 1 unspecified atom stereocenters. The summed E-state index contributed by atoms with van der Waals surface area (Å²) in [7, 11) is 0. The highest BCUT2D eigenvalue weighted by Gasteiger charge is 2.47. The molecule has 0 saturated carbocycles. The van der Waals surface area contributed by atoms with E-state index >= 15 is 0 Å². The third kappa shape index (κ3) is 3.35. The highest BCUT2D eigenvalue weighted by molar-refractivity contribution is 5.67. The molecule has 4 atom stereocenters. The molecule has 1 aliphatic heterocycles. The summed E-state index contributed by atoms with van der Waals surface area (Å²) in [6.07, 6.45) is -1.85. The lowest BCUT2D eigenvalue weighted by atomic mass is 10.1. The van der Waals surface area contributed by atoms with E-state index in [0.717, 1.165) is 0 Å². The minimum atomic E-state index is -1.04. The van der Waals surface area contributed by atoms with Crippen molar-refractivity contribution in [3.63, 3.8) is 0 Å². The fourth-order valence-corrected chi connectivity index (χ4v) is 1.82. The number of ether oxygens (including phenoxy) is 3. The molecule has 0 bridgehead atoms. The molecule has 1 aliphatic rings. The second kappa shape index (κ2) is 6.23. The van der Waals surface area contributed by atoms with Crippen LogP contribution in [0, 0.1) is 0 Å². The van der Waals surface area contributed by atoms with Gasteiger partial charge in [-0.15, -0.1) is 0 Å². The van der Waals surface area contributed by atoms with Gasteiger partial charge in [-0.05, 0) is 12.0 Å². The summed E-state index contributed by atoms with van der Waals surface area (Å²) in [5.41, 5.74) is 8.51. The normalized spacial score (nSPS) is 30.4. The predicted molar refractivity (Wildman–Crippen MR) is 59.2 cm³/mol. The van der Waals surface area contributed by atoms with Gasteiger partial charge in [-0.2, -0.15) is 0 Å². The van der Waals surface area contributed by atoms with Crippen molar-refractivity contribution in [2.45, 2.75) is 51.7 Å². The number of nitrogens with zero attached hydrogens (tertiary/aromatic N) is 3. The van der Waals surface area contributed by atoms with Crippen LogP contribution in [-0.4, -0.2) is 36.5 Å². The Hall–Kier alpha value is -1.79. The van der Waals surface area contributed by atoms with E-state index in [1.807, 2.05) is 6.92 Å². The summed E-state index contributed by atoms with van der Waals surface area (Å²) < 4.78 is 15.3. The minimum Gasteiger partial charge on any atom is -0.455 e. The van der Waals surface area contributed by atoms with Crippen molar-refractivity contribution in [2.24, 2.45) is 5.11 Å². The first kappa shape index (κ1) is 14.3. The molecule has 0 aromatic rings. The molecule has 0 spiro atoms. The molecule has 1 saturated heterocycles. The Morgan fingerprint density at radius 3 is 2.39 bits per heavy atom. The molecule has 0 radical (unpaired) electrons. The Kier molecular flexibility index (Phi) is 4.94. The van der Waals surface area contributed by atoms with Gasteiger partial charge < -0.3 is 14.2 Å². The molecule has 0 aromatic carbocycles. The summed E-state index contributed by atoms with van der Waals surface area (Å²) in [6, 6.07) is -0.701. The first-order chi connectivity index (χ1) is 8.49. The van der Waals surface area contributed by atoms with Crippen molar-refractivity contribution >= 4 is 11.9 Å². The molecular formula is C10H15N3O5. The van der Waals surface area contributed by atoms with Crippen molar-refractivity contribution in [3.8, 4) is 0 Å². The van der Waals surface area contributed by atoms with E-state index in [2.05, 4.69) is 10.0 Å². The minimum absolute atomic E-state index is 0.449. The average Bonchev–Trinajstić information content (AvgIpc) is 2.57. The van der Waals surface area contributed by atoms with Crippen LogP contribution < -0.4 is 0 Å². The van der Waals surface area contributed by atoms with Gasteiger partial charge in [0.05, 0.1) is 6.10 Å². The van der Waals surface area contributed by atoms with Crippen LogP contribution in [0.4, 0.5) is 0 Å². The SMILES string of the molecule is CC[C@H]1O[C@H](OC(C)=O)C(OC(C)=O)[C@H]1N=[N+]=[N-]. The van der Waals surface area contributed by atoms with Gasteiger partial charge in [0.15, 0.2) is 6.10 Å². The first-order valence-corrected chi connectivity index (χ1v) is 5.53. The van der Waals surface area contributed by atoms with E-state index in [1.54, 1.807) is 0 Å². The molecule has 0 aromatic heterocycles. The van der Waals surface area contributed by atoms with Crippen LogP contribution in [-0.2, 0) is 23.8 Å². The summed E-state index contributed by atoms with van der Waals surface area (Å²) in [5.74, 6) is -1.12. The molecule has 0 aliphatic carbocycles. The van der Waals surface area contributed by atoms with Gasteiger partial charge in [0.1, 0.15) is 6.04 Å². The Bertz CT molecular complexity index is 380. The van der Waals surface area contributed by atoms with Crippen LogP contribution in [0.5, 0.6) is 0 Å². The first-order valence-electron chi connectivity index (χ1n) is 5.53. The number of azide groups is 1. The highest BCUT2D eigenvalue weighted by atomic mass is 16.7. The maximum Gasteiger partial charge on any atom is 0.305 e. The van der Waals surface area contributed by atoms with E-state index < -0.39 is 36.5 Å². The molecule has 0 amide bonds. The summed E-state index contributed by atoms with van der Waals surface area (Å²) in [5, 5.41) is 3.55. The lowest BCUT2D eigenvalue weighted by Crippen LogP contribution is -2.37. The number of hydrogen-bond donors (Lipinski definition) is 0. The molecule has 1 fully saturated rings. The van der Waals surface area contributed by atoms with Crippen LogP contribution in [0.1, 0.15) is 27.2 Å². The van der Waals surface area contributed by atoms with Crippen molar-refractivity contribution in [1.29, 1.82) is 0 Å². The van der Waals surface area contributed by atoms with Gasteiger partial charge in [-0.3, -0.25) is 9.59 Å². The van der Waals surface area contributed by atoms with Gasteiger partial charge >= 0.3 is 11.9 Å². The third-order valence-corrected chi connectivity index (χ3v) is 2.47. The zero-order chi connectivity index (χ0) is 13.7. The van der Waals surface area contributed by atoms with Crippen molar-refractivity contribution in [2.75, 3.05) is 0 Å². The molecule has 1 rings (SSSR count). The fourth-order valence-electron chi connectivity index (χ4n) is 1.82. The lowest BCUT2D eigenvalue weighted by Gasteiger charge is -2.19. The zero-order valence-corrected chi connectivity index (χ0v) is 10.4. The number of rotatable bonds is 4. The smallest absolute Gasteiger partial charge is 0.305 e. The van der Waals surface area contributed by atoms with Crippen LogP contribution in [0.3, 0.4) is 0 Å². The van der Waals surface area contributed by atoms with Gasteiger partial charge in [0.25, 0.3) is 0 Å². The number of carbonyl (C=O) groups is 2. The zero-order valence-electron chi connectivity index (χ0n) is 10.4. The lowest BCUT2D eigenvalue weighted by molar-refractivity contribution is -0.194. The summed E-state index contributed by atoms with van der Waals surface area (Å²) in [6.45, 7) is 4.26. The Balaban J connectivity index is 2.92. The van der Waals surface area contributed by atoms with Gasteiger partial charge in [-0.25, -0.2) is 0 Å². The molecule has 100 valence electrons. The molecule has 0 N–H and O–H groups in total.